The number of nitro groups is 1. The summed E-state index contributed by atoms with van der Waals surface area (Å²) >= 11 is 0. The van der Waals surface area contributed by atoms with Gasteiger partial charge in [-0.3, -0.25) is 10.1 Å². The lowest BCUT2D eigenvalue weighted by Gasteiger charge is -2.11. The monoisotopic (exact) mass is 217 g/mol. The van der Waals surface area contributed by atoms with Crippen molar-refractivity contribution >= 4 is 5.69 Å². The van der Waals surface area contributed by atoms with Crippen LogP contribution in [0.3, 0.4) is 0 Å². The van der Waals surface area contributed by atoms with Crippen molar-refractivity contribution in [1.82, 2.24) is 5.32 Å². The van der Waals surface area contributed by atoms with Gasteiger partial charge in [-0.05, 0) is 5.56 Å². The highest BCUT2D eigenvalue weighted by molar-refractivity contribution is 5.35. The van der Waals surface area contributed by atoms with Gasteiger partial charge in [-0.25, -0.2) is 0 Å². The van der Waals surface area contributed by atoms with Gasteiger partial charge in [0.25, 0.3) is 5.69 Å². The van der Waals surface area contributed by atoms with Crippen LogP contribution in [0, 0.1) is 27.4 Å². The Morgan fingerprint density at radius 2 is 2.06 bits per heavy atom. The molecule has 16 heavy (non-hydrogen) atoms. The number of nitro benzene ring substituents is 1. The van der Waals surface area contributed by atoms with Crippen molar-refractivity contribution in [2.45, 2.75) is 5.92 Å². The van der Waals surface area contributed by atoms with Crippen LogP contribution in [0.1, 0.15) is 11.5 Å². The zero-order chi connectivity index (χ0) is 11.5. The van der Waals surface area contributed by atoms with E-state index in [0.717, 1.165) is 12.1 Å². The van der Waals surface area contributed by atoms with E-state index in [1.165, 1.54) is 12.1 Å². The van der Waals surface area contributed by atoms with Crippen LogP contribution < -0.4 is 5.32 Å². The zero-order valence-corrected chi connectivity index (χ0v) is 8.59. The first-order valence-corrected chi connectivity index (χ1v) is 5.07. The SMILES string of the molecule is N#C[C@H]1CNC[C@@H]1c1ccc([N+](=O)[O-])cc1. The highest BCUT2D eigenvalue weighted by Gasteiger charge is 2.28. The number of benzene rings is 1. The van der Waals surface area contributed by atoms with Crippen LogP contribution in [0.5, 0.6) is 0 Å². The van der Waals surface area contributed by atoms with Gasteiger partial charge in [0.15, 0.2) is 0 Å². The maximum atomic E-state index is 10.5. The van der Waals surface area contributed by atoms with Crippen LogP contribution in [0.25, 0.3) is 0 Å². The molecule has 0 amide bonds. The minimum absolute atomic E-state index is 0.0403. The van der Waals surface area contributed by atoms with Crippen LogP contribution in [-0.4, -0.2) is 18.0 Å². The van der Waals surface area contributed by atoms with Crippen molar-refractivity contribution in [1.29, 1.82) is 5.26 Å². The lowest BCUT2D eigenvalue weighted by molar-refractivity contribution is -0.384. The average molecular weight is 217 g/mol. The molecule has 5 nitrogen and oxygen atoms in total. The molecule has 1 aromatic carbocycles. The fourth-order valence-electron chi connectivity index (χ4n) is 2.01. The van der Waals surface area contributed by atoms with E-state index in [4.69, 9.17) is 5.26 Å². The summed E-state index contributed by atoms with van der Waals surface area (Å²) in [6.07, 6.45) is 0. The quantitative estimate of drug-likeness (QED) is 0.600. The van der Waals surface area contributed by atoms with Crippen LogP contribution in [0.15, 0.2) is 24.3 Å². The number of rotatable bonds is 2. The fourth-order valence-corrected chi connectivity index (χ4v) is 2.01. The maximum Gasteiger partial charge on any atom is 0.269 e. The van der Waals surface area contributed by atoms with E-state index in [1.807, 2.05) is 0 Å². The van der Waals surface area contributed by atoms with E-state index in [1.54, 1.807) is 12.1 Å². The molecule has 1 heterocycles. The van der Waals surface area contributed by atoms with Gasteiger partial charge in [0.2, 0.25) is 0 Å². The lowest BCUT2D eigenvalue weighted by Crippen LogP contribution is -2.08. The molecule has 0 spiro atoms. The highest BCUT2D eigenvalue weighted by Crippen LogP contribution is 2.28. The molecular weight excluding hydrogens is 206 g/mol. The second-order valence-electron chi connectivity index (χ2n) is 3.85. The summed E-state index contributed by atoms with van der Waals surface area (Å²) in [6, 6.07) is 8.70. The van der Waals surface area contributed by atoms with Crippen molar-refractivity contribution in [2.75, 3.05) is 13.1 Å². The first-order chi connectivity index (χ1) is 7.72. The molecule has 0 bridgehead atoms. The predicted octanol–water partition coefficient (Wildman–Crippen LogP) is 1.42. The molecule has 0 aromatic heterocycles. The largest absolute Gasteiger partial charge is 0.315 e. The molecule has 1 N–H and O–H groups in total. The molecule has 0 saturated carbocycles. The number of non-ortho nitro benzene ring substituents is 1. The second-order valence-corrected chi connectivity index (χ2v) is 3.85. The van der Waals surface area contributed by atoms with Crippen molar-refractivity contribution in [3.05, 3.63) is 39.9 Å². The molecule has 2 atom stereocenters. The summed E-state index contributed by atoms with van der Waals surface area (Å²) in [6.45, 7) is 1.45. The molecule has 1 aliphatic rings. The minimum Gasteiger partial charge on any atom is -0.315 e. The lowest BCUT2D eigenvalue weighted by atomic mass is 9.90. The Morgan fingerprint density at radius 3 is 2.62 bits per heavy atom. The van der Waals surface area contributed by atoms with E-state index in [-0.39, 0.29) is 17.5 Å². The highest BCUT2D eigenvalue weighted by atomic mass is 16.6. The van der Waals surface area contributed by atoms with Gasteiger partial charge in [0, 0.05) is 31.1 Å². The van der Waals surface area contributed by atoms with Crippen molar-refractivity contribution < 1.29 is 4.92 Å². The smallest absolute Gasteiger partial charge is 0.269 e. The molecule has 0 radical (unpaired) electrons. The Morgan fingerprint density at radius 1 is 1.38 bits per heavy atom. The molecule has 1 fully saturated rings. The van der Waals surface area contributed by atoms with E-state index >= 15 is 0 Å². The maximum absolute atomic E-state index is 10.5. The average Bonchev–Trinajstić information content (AvgIpc) is 2.77. The standard InChI is InChI=1S/C11H11N3O2/c12-5-9-6-13-7-11(9)8-1-3-10(4-2-8)14(15)16/h1-4,9,11,13H,6-7H2/t9-,11+/m0/s1. The zero-order valence-electron chi connectivity index (χ0n) is 8.59. The minimum atomic E-state index is -0.418. The first-order valence-electron chi connectivity index (χ1n) is 5.07. The first kappa shape index (κ1) is 10.6. The third-order valence-electron chi connectivity index (χ3n) is 2.91. The number of nitrogens with zero attached hydrogens (tertiary/aromatic N) is 2. The number of nitriles is 1. The molecule has 2 rings (SSSR count). The van der Waals surface area contributed by atoms with Gasteiger partial charge in [-0.15, -0.1) is 0 Å². The summed E-state index contributed by atoms with van der Waals surface area (Å²) in [5, 5.41) is 22.6. The van der Waals surface area contributed by atoms with E-state index in [0.29, 0.717) is 6.54 Å². The van der Waals surface area contributed by atoms with Crippen molar-refractivity contribution in [2.24, 2.45) is 5.92 Å². The van der Waals surface area contributed by atoms with Crippen LogP contribution in [0.4, 0.5) is 5.69 Å². The summed E-state index contributed by atoms with van der Waals surface area (Å²) in [4.78, 5) is 10.1. The molecule has 1 aromatic rings. The van der Waals surface area contributed by atoms with Crippen molar-refractivity contribution in [3.63, 3.8) is 0 Å². The third-order valence-corrected chi connectivity index (χ3v) is 2.91. The Kier molecular flexibility index (Phi) is 2.84. The van der Waals surface area contributed by atoms with Crippen LogP contribution in [0.2, 0.25) is 0 Å². The van der Waals surface area contributed by atoms with Gasteiger partial charge < -0.3 is 5.32 Å². The van der Waals surface area contributed by atoms with Crippen LogP contribution in [-0.2, 0) is 0 Å². The topological polar surface area (TPSA) is 79.0 Å². The molecule has 1 saturated heterocycles. The van der Waals surface area contributed by atoms with Gasteiger partial charge in [0.05, 0.1) is 16.9 Å². The van der Waals surface area contributed by atoms with Gasteiger partial charge in [-0.2, -0.15) is 5.26 Å². The fraction of sp³-hybridized carbons (Fsp3) is 0.364. The predicted molar refractivity (Wildman–Crippen MR) is 57.8 cm³/mol. The van der Waals surface area contributed by atoms with Gasteiger partial charge >= 0.3 is 0 Å². The molecule has 0 aliphatic carbocycles. The summed E-state index contributed by atoms with van der Waals surface area (Å²) in [5.74, 6) is 0.104. The summed E-state index contributed by atoms with van der Waals surface area (Å²) in [7, 11) is 0. The molecule has 82 valence electrons. The molecule has 0 unspecified atom stereocenters. The van der Waals surface area contributed by atoms with Crippen LogP contribution >= 0.6 is 0 Å². The Balaban J connectivity index is 2.22. The molecule has 1 aliphatic heterocycles. The number of hydrogen-bond acceptors (Lipinski definition) is 4. The molecular formula is C11H11N3O2. The Labute approximate surface area is 92.8 Å². The van der Waals surface area contributed by atoms with E-state index in [9.17, 15) is 10.1 Å². The van der Waals surface area contributed by atoms with E-state index < -0.39 is 4.92 Å². The summed E-state index contributed by atoms with van der Waals surface area (Å²) < 4.78 is 0. The Hall–Kier alpha value is -1.93. The summed E-state index contributed by atoms with van der Waals surface area (Å²) in [5.41, 5.74) is 1.07. The van der Waals surface area contributed by atoms with Crippen molar-refractivity contribution in [3.8, 4) is 6.07 Å². The van der Waals surface area contributed by atoms with Gasteiger partial charge in [-0.1, -0.05) is 12.1 Å². The Bertz CT molecular complexity index is 436. The number of nitrogens with one attached hydrogen (secondary N) is 1. The number of hydrogen-bond donors (Lipinski definition) is 1. The molecule has 5 heteroatoms. The van der Waals surface area contributed by atoms with Gasteiger partial charge in [0.1, 0.15) is 0 Å². The third kappa shape index (κ3) is 1.88. The normalized spacial score (nSPS) is 23.9. The second kappa shape index (κ2) is 4.29. The van der Waals surface area contributed by atoms with E-state index in [2.05, 4.69) is 11.4 Å².